The maximum atomic E-state index is 13.1. The molecule has 2 heterocycles. The molecular weight excluding hydrogens is 335 g/mol. The van der Waals surface area contributed by atoms with Crippen LogP contribution in [-0.4, -0.2) is 30.2 Å². The standard InChI is InChI=1S/C17H18ClFN2O3/c18-15-9-12(19)5-6-16(15)20-17(22)21(10-13-3-1-7-23-13)11-14-4-2-8-24-14/h1,3,5-7,9,14H,2,4,8,10-11H2,(H,20,22). The Labute approximate surface area is 144 Å². The Morgan fingerprint density at radius 2 is 2.29 bits per heavy atom. The molecule has 2 amide bonds. The van der Waals surface area contributed by atoms with Crippen LogP contribution in [0.2, 0.25) is 5.02 Å². The summed E-state index contributed by atoms with van der Waals surface area (Å²) in [5.41, 5.74) is 0.361. The molecule has 1 saturated heterocycles. The number of amides is 2. The topological polar surface area (TPSA) is 54.7 Å². The van der Waals surface area contributed by atoms with Gasteiger partial charge < -0.3 is 19.4 Å². The predicted octanol–water partition coefficient (Wildman–Crippen LogP) is 4.29. The molecule has 0 bridgehead atoms. The number of furan rings is 1. The molecule has 1 aliphatic rings. The quantitative estimate of drug-likeness (QED) is 0.873. The molecular formula is C17H18ClFN2O3. The van der Waals surface area contributed by atoms with E-state index in [4.69, 9.17) is 20.8 Å². The molecule has 0 saturated carbocycles. The first-order chi connectivity index (χ1) is 11.6. The highest BCUT2D eigenvalue weighted by Gasteiger charge is 2.24. The fraction of sp³-hybridized carbons (Fsp3) is 0.353. The third-order valence-corrected chi connectivity index (χ3v) is 4.15. The number of hydrogen-bond acceptors (Lipinski definition) is 3. The molecule has 0 aliphatic carbocycles. The fourth-order valence-electron chi connectivity index (χ4n) is 2.63. The highest BCUT2D eigenvalue weighted by atomic mass is 35.5. The number of carbonyl (C=O) groups is 1. The highest BCUT2D eigenvalue weighted by molar-refractivity contribution is 6.33. The lowest BCUT2D eigenvalue weighted by Gasteiger charge is -2.25. The number of benzene rings is 1. The molecule has 1 aromatic carbocycles. The van der Waals surface area contributed by atoms with Crippen LogP contribution in [0.4, 0.5) is 14.9 Å². The fourth-order valence-corrected chi connectivity index (χ4v) is 2.84. The molecule has 1 fully saturated rings. The van der Waals surface area contributed by atoms with Gasteiger partial charge in [0.05, 0.1) is 29.6 Å². The molecule has 5 nitrogen and oxygen atoms in total. The Hall–Kier alpha value is -2.05. The van der Waals surface area contributed by atoms with Crippen LogP contribution < -0.4 is 5.32 Å². The number of anilines is 1. The van der Waals surface area contributed by atoms with Crippen molar-refractivity contribution in [1.29, 1.82) is 0 Å². The molecule has 7 heteroatoms. The largest absolute Gasteiger partial charge is 0.467 e. The second-order valence-electron chi connectivity index (χ2n) is 5.65. The second kappa shape index (κ2) is 7.68. The number of urea groups is 1. The van der Waals surface area contributed by atoms with Crippen LogP contribution in [0, 0.1) is 5.82 Å². The number of halogens is 2. The molecule has 0 spiro atoms. The van der Waals surface area contributed by atoms with Gasteiger partial charge in [0.1, 0.15) is 11.6 Å². The number of nitrogens with zero attached hydrogens (tertiary/aromatic N) is 1. The Morgan fingerprint density at radius 3 is 2.96 bits per heavy atom. The zero-order valence-corrected chi connectivity index (χ0v) is 13.8. The molecule has 3 rings (SSSR count). The van der Waals surface area contributed by atoms with Crippen LogP contribution in [0.25, 0.3) is 0 Å². The molecule has 1 N–H and O–H groups in total. The summed E-state index contributed by atoms with van der Waals surface area (Å²) in [6.45, 7) is 1.48. The normalized spacial score (nSPS) is 17.0. The van der Waals surface area contributed by atoms with Gasteiger partial charge in [-0.2, -0.15) is 0 Å². The van der Waals surface area contributed by atoms with Crippen molar-refractivity contribution in [2.45, 2.75) is 25.5 Å². The van der Waals surface area contributed by atoms with Crippen molar-refractivity contribution in [1.82, 2.24) is 4.90 Å². The average Bonchev–Trinajstić information content (AvgIpc) is 3.23. The van der Waals surface area contributed by atoms with E-state index in [0.717, 1.165) is 18.9 Å². The summed E-state index contributed by atoms with van der Waals surface area (Å²) >= 11 is 5.97. The Kier molecular flexibility index (Phi) is 5.37. The molecule has 24 heavy (non-hydrogen) atoms. The average molecular weight is 353 g/mol. The second-order valence-corrected chi connectivity index (χ2v) is 6.06. The maximum absolute atomic E-state index is 13.1. The molecule has 2 aromatic rings. The number of carbonyl (C=O) groups excluding carboxylic acids is 1. The molecule has 1 aliphatic heterocycles. The first kappa shape index (κ1) is 16.8. The lowest BCUT2D eigenvalue weighted by molar-refractivity contribution is 0.0803. The molecule has 1 atom stereocenters. The van der Waals surface area contributed by atoms with Gasteiger partial charge in [-0.3, -0.25) is 0 Å². The van der Waals surface area contributed by atoms with E-state index in [1.54, 1.807) is 23.3 Å². The van der Waals surface area contributed by atoms with Crippen molar-refractivity contribution >= 4 is 23.3 Å². The summed E-state index contributed by atoms with van der Waals surface area (Å²) in [6.07, 6.45) is 3.48. The minimum absolute atomic E-state index is 0.00871. The van der Waals surface area contributed by atoms with Crippen molar-refractivity contribution in [3.63, 3.8) is 0 Å². The van der Waals surface area contributed by atoms with E-state index in [9.17, 15) is 9.18 Å². The molecule has 1 aromatic heterocycles. The van der Waals surface area contributed by atoms with Gasteiger partial charge in [0.25, 0.3) is 0 Å². The van der Waals surface area contributed by atoms with Crippen molar-refractivity contribution in [2.75, 3.05) is 18.5 Å². The van der Waals surface area contributed by atoms with E-state index in [1.165, 1.54) is 12.1 Å². The van der Waals surface area contributed by atoms with Crippen LogP contribution in [0.5, 0.6) is 0 Å². The number of ether oxygens (including phenoxy) is 1. The van der Waals surface area contributed by atoms with Gasteiger partial charge >= 0.3 is 6.03 Å². The minimum Gasteiger partial charge on any atom is -0.467 e. The highest BCUT2D eigenvalue weighted by Crippen LogP contribution is 2.23. The number of rotatable bonds is 5. The van der Waals surface area contributed by atoms with Crippen LogP contribution >= 0.6 is 11.6 Å². The first-order valence-corrected chi connectivity index (χ1v) is 8.14. The van der Waals surface area contributed by atoms with Crippen LogP contribution in [0.15, 0.2) is 41.0 Å². The third-order valence-electron chi connectivity index (χ3n) is 3.83. The van der Waals surface area contributed by atoms with Gasteiger partial charge in [-0.1, -0.05) is 11.6 Å². The summed E-state index contributed by atoms with van der Waals surface area (Å²) < 4.78 is 24.1. The summed E-state index contributed by atoms with van der Waals surface area (Å²) in [5.74, 6) is 0.221. The molecule has 128 valence electrons. The maximum Gasteiger partial charge on any atom is 0.322 e. The Morgan fingerprint density at radius 1 is 1.42 bits per heavy atom. The minimum atomic E-state index is -0.454. The third kappa shape index (κ3) is 4.27. The van der Waals surface area contributed by atoms with E-state index in [2.05, 4.69) is 5.32 Å². The predicted molar refractivity (Wildman–Crippen MR) is 88.5 cm³/mol. The van der Waals surface area contributed by atoms with Gasteiger partial charge in [0.15, 0.2) is 0 Å². The number of hydrogen-bond donors (Lipinski definition) is 1. The molecule has 1 unspecified atom stereocenters. The van der Waals surface area contributed by atoms with Crippen molar-refractivity contribution < 1.29 is 18.3 Å². The lowest BCUT2D eigenvalue weighted by atomic mass is 10.2. The van der Waals surface area contributed by atoms with E-state index in [1.807, 2.05) is 0 Å². The van der Waals surface area contributed by atoms with Gasteiger partial charge in [-0.15, -0.1) is 0 Å². The van der Waals surface area contributed by atoms with Gasteiger partial charge in [0, 0.05) is 13.2 Å². The van der Waals surface area contributed by atoms with Gasteiger partial charge in [-0.25, -0.2) is 9.18 Å². The van der Waals surface area contributed by atoms with Crippen LogP contribution in [-0.2, 0) is 11.3 Å². The van der Waals surface area contributed by atoms with Gasteiger partial charge in [0.2, 0.25) is 0 Å². The van der Waals surface area contributed by atoms with Crippen molar-refractivity contribution in [2.24, 2.45) is 0 Å². The number of nitrogens with one attached hydrogen (secondary N) is 1. The first-order valence-electron chi connectivity index (χ1n) is 7.77. The van der Waals surface area contributed by atoms with Crippen molar-refractivity contribution in [3.8, 4) is 0 Å². The van der Waals surface area contributed by atoms with Crippen molar-refractivity contribution in [3.05, 3.63) is 53.2 Å². The summed E-state index contributed by atoms with van der Waals surface area (Å²) in [6, 6.07) is 7.09. The van der Waals surface area contributed by atoms with E-state index in [-0.39, 0.29) is 17.2 Å². The van der Waals surface area contributed by atoms with E-state index in [0.29, 0.717) is 31.1 Å². The van der Waals surface area contributed by atoms with E-state index < -0.39 is 5.82 Å². The monoisotopic (exact) mass is 352 g/mol. The zero-order chi connectivity index (χ0) is 16.9. The van der Waals surface area contributed by atoms with Gasteiger partial charge in [-0.05, 0) is 43.2 Å². The summed E-state index contributed by atoms with van der Waals surface area (Å²) in [5, 5.41) is 2.87. The zero-order valence-electron chi connectivity index (χ0n) is 13.0. The van der Waals surface area contributed by atoms with E-state index >= 15 is 0 Å². The van der Waals surface area contributed by atoms with Crippen LogP contribution in [0.3, 0.4) is 0 Å². The lowest BCUT2D eigenvalue weighted by Crippen LogP contribution is -2.39. The SMILES string of the molecule is O=C(Nc1ccc(F)cc1Cl)N(Cc1ccco1)CC1CCCO1. The smallest absolute Gasteiger partial charge is 0.322 e. The summed E-state index contributed by atoms with van der Waals surface area (Å²) in [7, 11) is 0. The molecule has 0 radical (unpaired) electrons. The Bertz CT molecular complexity index is 687. The Balaban J connectivity index is 1.71. The van der Waals surface area contributed by atoms with Crippen LogP contribution in [0.1, 0.15) is 18.6 Å². The summed E-state index contributed by atoms with van der Waals surface area (Å²) in [4.78, 5) is 14.2.